The molecule has 0 radical (unpaired) electrons. The largest absolute Gasteiger partial charge is 0.494 e. The van der Waals surface area contributed by atoms with Gasteiger partial charge < -0.3 is 9.47 Å². The van der Waals surface area contributed by atoms with E-state index in [0.29, 0.717) is 13.2 Å². The Labute approximate surface area is 120 Å². The predicted molar refractivity (Wildman–Crippen MR) is 70.8 cm³/mol. The van der Waals surface area contributed by atoms with E-state index in [1.54, 1.807) is 0 Å². The molecule has 0 N–H and O–H groups in total. The summed E-state index contributed by atoms with van der Waals surface area (Å²) < 4.78 is 10.6. The first-order valence-corrected chi connectivity index (χ1v) is 5.89. The summed E-state index contributed by atoms with van der Waals surface area (Å²) in [5.74, 6) is 1.73. The first-order valence-electron chi connectivity index (χ1n) is 5.89. The van der Waals surface area contributed by atoms with Crippen molar-refractivity contribution in [2.75, 3.05) is 13.2 Å². The van der Waals surface area contributed by atoms with Gasteiger partial charge >= 0.3 is 0 Å². The summed E-state index contributed by atoms with van der Waals surface area (Å²) in [6, 6.07) is 17.7. The van der Waals surface area contributed by atoms with Crippen molar-refractivity contribution < 1.29 is 26.5 Å². The molecule has 18 heavy (non-hydrogen) atoms. The molecular weight excluding hydrogens is 268 g/mol. The molecule has 0 atom stereocenters. The molecule has 3 heteroatoms. The Morgan fingerprint density at radius 3 is 1.72 bits per heavy atom. The van der Waals surface area contributed by atoms with Crippen LogP contribution in [0.2, 0.25) is 0 Å². The summed E-state index contributed by atoms with van der Waals surface area (Å²) in [5.41, 5.74) is 0. The van der Waals surface area contributed by atoms with Crippen molar-refractivity contribution in [1.82, 2.24) is 0 Å². The van der Waals surface area contributed by atoms with Crippen LogP contribution >= 0.6 is 0 Å². The van der Waals surface area contributed by atoms with Gasteiger partial charge in [-0.25, -0.2) is 12.1 Å². The van der Waals surface area contributed by atoms with E-state index < -0.39 is 0 Å². The van der Waals surface area contributed by atoms with Crippen molar-refractivity contribution in [2.45, 2.75) is 13.8 Å². The first-order chi connectivity index (χ1) is 8.36. The Kier molecular flexibility index (Phi) is 10.0. The molecule has 0 aromatic heterocycles. The summed E-state index contributed by atoms with van der Waals surface area (Å²) in [6.07, 6.45) is 0. The summed E-state index contributed by atoms with van der Waals surface area (Å²) in [5, 5.41) is 0. The molecule has 0 aliphatic rings. The van der Waals surface area contributed by atoms with Gasteiger partial charge in [0.2, 0.25) is 0 Å². The number of rotatable bonds is 4. The molecule has 0 spiro atoms. The zero-order valence-electron chi connectivity index (χ0n) is 10.8. The molecule has 2 aromatic rings. The average molecular weight is 287 g/mol. The van der Waals surface area contributed by atoms with E-state index in [1.807, 2.05) is 68.4 Å². The van der Waals surface area contributed by atoms with Gasteiger partial charge in [-0.1, -0.05) is 6.07 Å². The van der Waals surface area contributed by atoms with Crippen molar-refractivity contribution >= 4 is 0 Å². The number of hydrogen-bond donors (Lipinski definition) is 0. The second kappa shape index (κ2) is 10.8. The van der Waals surface area contributed by atoms with Gasteiger partial charge in [-0.3, -0.25) is 0 Å². The summed E-state index contributed by atoms with van der Waals surface area (Å²) in [4.78, 5) is 0. The minimum absolute atomic E-state index is 0. The maximum Gasteiger partial charge on any atom is 0.122 e. The Morgan fingerprint density at radius 1 is 0.889 bits per heavy atom. The second-order valence-electron chi connectivity index (χ2n) is 3.30. The van der Waals surface area contributed by atoms with Crippen LogP contribution in [0.4, 0.5) is 0 Å². The van der Waals surface area contributed by atoms with Crippen LogP contribution in [0.1, 0.15) is 13.8 Å². The normalized spacial score (nSPS) is 8.56. The van der Waals surface area contributed by atoms with Gasteiger partial charge in [-0.15, -0.1) is 0 Å². The van der Waals surface area contributed by atoms with Gasteiger partial charge in [-0.05, 0) is 26.0 Å². The van der Waals surface area contributed by atoms with Gasteiger partial charge in [-0.2, -0.15) is 18.2 Å². The maximum atomic E-state index is 5.31. The van der Waals surface area contributed by atoms with E-state index >= 15 is 0 Å². The van der Waals surface area contributed by atoms with Crippen LogP contribution in [-0.2, 0) is 17.1 Å². The number of ether oxygens (including phenoxy) is 2. The fourth-order valence-corrected chi connectivity index (χ4v) is 1.31. The minimum atomic E-state index is 0. The predicted octanol–water partition coefficient (Wildman–Crippen LogP) is 3.89. The van der Waals surface area contributed by atoms with Crippen molar-refractivity contribution in [3.05, 3.63) is 54.6 Å². The Morgan fingerprint density at radius 2 is 1.39 bits per heavy atom. The number of benzene rings is 1. The van der Waals surface area contributed by atoms with E-state index in [0.717, 1.165) is 11.5 Å². The standard InChI is InChI=1S/C10H14O2.C5H5.Fe/c1-3-11-9-6-5-7-10(8-9)12-4-2;1-2-4-5-3-1;/h5-8H,3-4H2,1-2H3;1-5H;/q;-1;. The molecule has 2 aromatic carbocycles. The smallest absolute Gasteiger partial charge is 0.122 e. The van der Waals surface area contributed by atoms with Crippen molar-refractivity contribution in [3.8, 4) is 11.5 Å². The average Bonchev–Trinajstić information content (AvgIpc) is 2.89. The van der Waals surface area contributed by atoms with Crippen LogP contribution in [0.15, 0.2) is 54.6 Å². The SMILES string of the molecule is CCOc1cccc(OCC)c1.[Fe].c1cc[cH-]c1. The summed E-state index contributed by atoms with van der Waals surface area (Å²) >= 11 is 0. The quantitative estimate of drug-likeness (QED) is 0.627. The van der Waals surface area contributed by atoms with Gasteiger partial charge in [0.1, 0.15) is 11.5 Å². The van der Waals surface area contributed by atoms with E-state index in [9.17, 15) is 0 Å². The molecule has 2 rings (SSSR count). The molecule has 100 valence electrons. The Bertz CT molecular complexity index is 347. The molecule has 0 amide bonds. The third-order valence-electron chi connectivity index (χ3n) is 1.98. The molecule has 0 heterocycles. The van der Waals surface area contributed by atoms with Crippen LogP contribution in [0.3, 0.4) is 0 Å². The van der Waals surface area contributed by atoms with E-state index in [4.69, 9.17) is 9.47 Å². The fourth-order valence-electron chi connectivity index (χ4n) is 1.31. The fraction of sp³-hybridized carbons (Fsp3) is 0.267. The van der Waals surface area contributed by atoms with Gasteiger partial charge in [0.05, 0.1) is 13.2 Å². The van der Waals surface area contributed by atoms with Gasteiger partial charge in [0.25, 0.3) is 0 Å². The molecule has 0 fully saturated rings. The van der Waals surface area contributed by atoms with E-state index in [-0.39, 0.29) is 17.1 Å². The van der Waals surface area contributed by atoms with E-state index in [2.05, 4.69) is 0 Å². The first kappa shape index (κ1) is 16.7. The van der Waals surface area contributed by atoms with E-state index in [1.165, 1.54) is 0 Å². The summed E-state index contributed by atoms with van der Waals surface area (Å²) in [7, 11) is 0. The van der Waals surface area contributed by atoms with Crippen molar-refractivity contribution in [2.24, 2.45) is 0 Å². The molecule has 0 saturated carbocycles. The molecule has 2 nitrogen and oxygen atoms in total. The van der Waals surface area contributed by atoms with Crippen LogP contribution < -0.4 is 9.47 Å². The van der Waals surface area contributed by atoms with Crippen LogP contribution in [0, 0.1) is 0 Å². The Balaban J connectivity index is 0.000000405. The van der Waals surface area contributed by atoms with Gasteiger partial charge in [0.15, 0.2) is 0 Å². The van der Waals surface area contributed by atoms with Crippen LogP contribution in [0.5, 0.6) is 11.5 Å². The topological polar surface area (TPSA) is 18.5 Å². The molecule has 0 aliphatic carbocycles. The molecular formula is C15H19FeO2-. The van der Waals surface area contributed by atoms with Crippen molar-refractivity contribution in [1.29, 1.82) is 0 Å². The van der Waals surface area contributed by atoms with Crippen LogP contribution in [-0.4, -0.2) is 13.2 Å². The maximum absolute atomic E-state index is 5.31. The third-order valence-corrected chi connectivity index (χ3v) is 1.98. The third kappa shape index (κ3) is 7.10. The second-order valence-corrected chi connectivity index (χ2v) is 3.30. The Hall–Kier alpha value is -1.31. The molecule has 0 saturated heterocycles. The number of hydrogen-bond acceptors (Lipinski definition) is 2. The zero-order chi connectivity index (χ0) is 12.3. The monoisotopic (exact) mass is 287 g/mol. The molecule has 0 aliphatic heterocycles. The summed E-state index contributed by atoms with van der Waals surface area (Å²) in [6.45, 7) is 5.31. The zero-order valence-corrected chi connectivity index (χ0v) is 11.9. The minimum Gasteiger partial charge on any atom is -0.494 e. The van der Waals surface area contributed by atoms with Crippen LogP contribution in [0.25, 0.3) is 0 Å². The van der Waals surface area contributed by atoms with Gasteiger partial charge in [0, 0.05) is 23.1 Å². The van der Waals surface area contributed by atoms with Crippen molar-refractivity contribution in [3.63, 3.8) is 0 Å². The molecule has 0 unspecified atom stereocenters. The molecule has 0 bridgehead atoms.